The smallest absolute Gasteiger partial charge is 0.173 e. The summed E-state index contributed by atoms with van der Waals surface area (Å²) in [5.41, 5.74) is 0.658. The molecule has 0 radical (unpaired) electrons. The predicted octanol–water partition coefficient (Wildman–Crippen LogP) is 6.06. The Labute approximate surface area is 178 Å². The molecule has 3 heteroatoms. The maximum absolute atomic E-state index is 6.66. The summed E-state index contributed by atoms with van der Waals surface area (Å²) in [4.78, 5) is 0. The maximum Gasteiger partial charge on any atom is 0.173 e. The maximum atomic E-state index is 6.66. The zero-order chi connectivity index (χ0) is 20.7. The van der Waals surface area contributed by atoms with E-state index in [4.69, 9.17) is 14.2 Å². The van der Waals surface area contributed by atoms with E-state index in [1.165, 1.54) is 38.5 Å². The molecule has 3 nitrogen and oxygen atoms in total. The van der Waals surface area contributed by atoms with E-state index in [2.05, 4.69) is 34.6 Å². The molecule has 29 heavy (non-hydrogen) atoms. The van der Waals surface area contributed by atoms with Crippen molar-refractivity contribution in [1.82, 2.24) is 0 Å². The zero-order valence-corrected chi connectivity index (χ0v) is 19.8. The Morgan fingerprint density at radius 1 is 0.862 bits per heavy atom. The Morgan fingerprint density at radius 3 is 2.24 bits per heavy atom. The fourth-order valence-corrected chi connectivity index (χ4v) is 9.11. The average molecular weight is 405 g/mol. The summed E-state index contributed by atoms with van der Waals surface area (Å²) in [7, 11) is 1.97. The van der Waals surface area contributed by atoms with Gasteiger partial charge in [-0.2, -0.15) is 0 Å². The van der Waals surface area contributed by atoms with Crippen molar-refractivity contribution < 1.29 is 14.2 Å². The average Bonchev–Trinajstić information content (AvgIpc) is 2.95. The van der Waals surface area contributed by atoms with E-state index in [0.29, 0.717) is 17.4 Å². The lowest BCUT2D eigenvalue weighted by Crippen LogP contribution is -2.64. The van der Waals surface area contributed by atoms with Crippen LogP contribution in [0.1, 0.15) is 86.0 Å². The molecule has 1 heterocycles. The van der Waals surface area contributed by atoms with E-state index in [0.717, 1.165) is 49.7 Å². The zero-order valence-electron chi connectivity index (χ0n) is 19.8. The Kier molecular flexibility index (Phi) is 4.79. The van der Waals surface area contributed by atoms with Gasteiger partial charge in [0.2, 0.25) is 0 Å². The van der Waals surface area contributed by atoms with Crippen LogP contribution in [-0.2, 0) is 14.2 Å². The minimum atomic E-state index is -0.382. The normalized spacial score (nSPS) is 53.2. The van der Waals surface area contributed by atoms with Crippen LogP contribution < -0.4 is 0 Å². The van der Waals surface area contributed by atoms with Crippen molar-refractivity contribution in [2.45, 2.75) is 97.9 Å². The fraction of sp³-hybridized carbons (Fsp3) is 1.00. The molecule has 0 aromatic rings. The fourth-order valence-electron chi connectivity index (χ4n) is 9.11. The van der Waals surface area contributed by atoms with Gasteiger partial charge in [0, 0.05) is 24.4 Å². The van der Waals surface area contributed by atoms with Crippen LogP contribution in [0.4, 0.5) is 0 Å². The predicted molar refractivity (Wildman–Crippen MR) is 115 cm³/mol. The van der Waals surface area contributed by atoms with Crippen LogP contribution in [0.5, 0.6) is 0 Å². The molecule has 1 spiro atoms. The van der Waals surface area contributed by atoms with E-state index >= 15 is 0 Å². The molecule has 5 fully saturated rings. The molecular weight excluding hydrogens is 360 g/mol. The van der Waals surface area contributed by atoms with E-state index in [-0.39, 0.29) is 16.6 Å². The Balaban J connectivity index is 1.49. The minimum absolute atomic E-state index is 0.0782. The Bertz CT molecular complexity index is 634. The largest absolute Gasteiger partial charge is 0.381 e. The van der Waals surface area contributed by atoms with Crippen molar-refractivity contribution in [3.63, 3.8) is 0 Å². The van der Waals surface area contributed by atoms with Crippen LogP contribution >= 0.6 is 0 Å². The van der Waals surface area contributed by atoms with Crippen LogP contribution in [-0.4, -0.2) is 32.2 Å². The Hall–Kier alpha value is -0.120. The molecule has 1 aliphatic heterocycles. The molecule has 166 valence electrons. The second-order valence-corrected chi connectivity index (χ2v) is 12.9. The van der Waals surface area contributed by atoms with Gasteiger partial charge in [-0.25, -0.2) is 0 Å². The summed E-state index contributed by atoms with van der Waals surface area (Å²) in [5, 5.41) is 0. The van der Waals surface area contributed by atoms with Crippen molar-refractivity contribution in [2.24, 2.45) is 45.8 Å². The number of hydrogen-bond acceptors (Lipinski definition) is 3. The highest BCUT2D eigenvalue weighted by Crippen LogP contribution is 2.70. The van der Waals surface area contributed by atoms with Crippen molar-refractivity contribution in [3.8, 4) is 0 Å². The Morgan fingerprint density at radius 2 is 1.55 bits per heavy atom. The van der Waals surface area contributed by atoms with Crippen molar-refractivity contribution in [2.75, 3.05) is 20.3 Å². The first-order valence-electron chi connectivity index (χ1n) is 12.4. The van der Waals surface area contributed by atoms with Gasteiger partial charge in [-0.05, 0) is 73.5 Å². The summed E-state index contributed by atoms with van der Waals surface area (Å²) in [6, 6.07) is 0. The lowest BCUT2D eigenvalue weighted by molar-refractivity contribution is -0.354. The molecule has 1 saturated heterocycles. The number of methoxy groups -OCH3 is 1. The van der Waals surface area contributed by atoms with Gasteiger partial charge in [0.1, 0.15) is 0 Å². The third kappa shape index (κ3) is 2.85. The quantitative estimate of drug-likeness (QED) is 0.532. The van der Waals surface area contributed by atoms with Gasteiger partial charge in [-0.3, -0.25) is 0 Å². The van der Waals surface area contributed by atoms with Gasteiger partial charge in [-0.15, -0.1) is 0 Å². The van der Waals surface area contributed by atoms with Gasteiger partial charge in [0.05, 0.1) is 19.3 Å². The molecule has 0 bridgehead atoms. The highest BCUT2D eigenvalue weighted by Gasteiger charge is 2.69. The van der Waals surface area contributed by atoms with Gasteiger partial charge in [0.15, 0.2) is 5.79 Å². The van der Waals surface area contributed by atoms with Gasteiger partial charge in [-0.1, -0.05) is 41.0 Å². The first-order chi connectivity index (χ1) is 13.6. The number of hydrogen-bond donors (Lipinski definition) is 0. The van der Waals surface area contributed by atoms with Gasteiger partial charge < -0.3 is 14.2 Å². The number of rotatable bonds is 1. The molecule has 4 saturated carbocycles. The summed E-state index contributed by atoms with van der Waals surface area (Å²) in [6.45, 7) is 13.8. The summed E-state index contributed by atoms with van der Waals surface area (Å²) >= 11 is 0. The lowest BCUT2D eigenvalue weighted by Gasteiger charge is -2.64. The standard InChI is InChI=1S/C26H44O3/c1-17-7-8-18-9-10-19-20-11-12-26(28-15-23(2,3)16-29-26)25(20,5)14-21(27-6)22(19)24(18,4)13-17/h17-22H,7-16H2,1-6H3/t17-,18-,19+,20+,21+,22-,24+,25+/m1/s1. The highest BCUT2D eigenvalue weighted by molar-refractivity contribution is 5.15. The third-order valence-electron chi connectivity index (χ3n) is 10.5. The lowest BCUT2D eigenvalue weighted by atomic mass is 9.43. The molecule has 8 atom stereocenters. The van der Waals surface area contributed by atoms with Crippen LogP contribution in [0, 0.1) is 45.8 Å². The monoisotopic (exact) mass is 404 g/mol. The molecule has 0 amide bonds. The number of fused-ring (bicyclic) bond motifs is 6. The second kappa shape index (κ2) is 6.69. The first-order valence-corrected chi connectivity index (χ1v) is 12.4. The molecule has 0 aromatic carbocycles. The molecule has 5 aliphatic rings. The van der Waals surface area contributed by atoms with Crippen molar-refractivity contribution >= 4 is 0 Å². The molecule has 0 unspecified atom stereocenters. The molecular formula is C26H44O3. The second-order valence-electron chi connectivity index (χ2n) is 12.9. The van der Waals surface area contributed by atoms with Crippen LogP contribution in [0.25, 0.3) is 0 Å². The number of ether oxygens (including phenoxy) is 3. The third-order valence-corrected chi connectivity index (χ3v) is 10.5. The SMILES string of the molecule is CO[C@H]1C[C@@]2(C)[C@@H](CCC23OCC(C)(C)CO3)[C@@H]2CC[C@H]3CC[C@@H](C)C[C@]3(C)[C@H]21. The summed E-state index contributed by atoms with van der Waals surface area (Å²) < 4.78 is 19.7. The molecule has 0 aromatic heterocycles. The van der Waals surface area contributed by atoms with E-state index in [1.54, 1.807) is 0 Å². The van der Waals surface area contributed by atoms with Crippen LogP contribution in [0.2, 0.25) is 0 Å². The molecule has 5 rings (SSSR count). The molecule has 0 N–H and O–H groups in total. The highest BCUT2D eigenvalue weighted by atomic mass is 16.7. The minimum Gasteiger partial charge on any atom is -0.381 e. The first kappa shape index (κ1) is 20.8. The summed E-state index contributed by atoms with van der Waals surface area (Å²) in [6.07, 6.45) is 10.9. The van der Waals surface area contributed by atoms with Crippen molar-refractivity contribution in [3.05, 3.63) is 0 Å². The van der Waals surface area contributed by atoms with Gasteiger partial charge in [0.25, 0.3) is 0 Å². The van der Waals surface area contributed by atoms with Crippen molar-refractivity contribution in [1.29, 1.82) is 0 Å². The van der Waals surface area contributed by atoms with E-state index in [1.807, 2.05) is 7.11 Å². The van der Waals surface area contributed by atoms with E-state index in [9.17, 15) is 0 Å². The molecule has 4 aliphatic carbocycles. The van der Waals surface area contributed by atoms with E-state index < -0.39 is 0 Å². The van der Waals surface area contributed by atoms with Gasteiger partial charge >= 0.3 is 0 Å². The topological polar surface area (TPSA) is 27.7 Å². The summed E-state index contributed by atoms with van der Waals surface area (Å²) in [5.74, 6) is 3.58. The van der Waals surface area contributed by atoms with Crippen LogP contribution in [0.15, 0.2) is 0 Å². The van der Waals surface area contributed by atoms with Crippen LogP contribution in [0.3, 0.4) is 0 Å².